The third-order valence-electron chi connectivity index (χ3n) is 3.16. The van der Waals surface area contributed by atoms with E-state index in [2.05, 4.69) is 43.2 Å². The van der Waals surface area contributed by atoms with Gasteiger partial charge in [0, 0.05) is 18.3 Å². The van der Waals surface area contributed by atoms with Crippen LogP contribution in [0.3, 0.4) is 0 Å². The maximum Gasteiger partial charge on any atom is 0.0308 e. The van der Waals surface area contributed by atoms with Crippen LogP contribution in [0.25, 0.3) is 0 Å². The predicted octanol–water partition coefficient (Wildman–Crippen LogP) is 4.03. The molecule has 0 aromatic carbocycles. The van der Waals surface area contributed by atoms with E-state index in [-0.39, 0.29) is 0 Å². The van der Waals surface area contributed by atoms with E-state index in [0.29, 0.717) is 11.8 Å². The van der Waals surface area contributed by atoms with E-state index in [1.54, 1.807) is 0 Å². The van der Waals surface area contributed by atoms with Gasteiger partial charge in [0.15, 0.2) is 0 Å². The van der Waals surface area contributed by atoms with E-state index >= 15 is 0 Å². The second-order valence-electron chi connectivity index (χ2n) is 4.62. The number of pyridine rings is 1. The summed E-state index contributed by atoms with van der Waals surface area (Å²) < 4.78 is 0. The number of nitrogens with zero attached hydrogens (tertiary/aromatic N) is 1. The standard InChI is InChI=1S/C14H19N/c1-11(2)13-8-9-15-10-14(13)12-6-4-3-5-7-12/h4,6,8-12H,3,5,7H2,1-2H3. The van der Waals surface area contributed by atoms with Crippen molar-refractivity contribution in [3.8, 4) is 0 Å². The fourth-order valence-corrected chi connectivity index (χ4v) is 2.32. The van der Waals surface area contributed by atoms with Crippen molar-refractivity contribution in [2.24, 2.45) is 0 Å². The lowest BCUT2D eigenvalue weighted by atomic mass is 9.85. The third-order valence-corrected chi connectivity index (χ3v) is 3.16. The minimum Gasteiger partial charge on any atom is -0.264 e. The monoisotopic (exact) mass is 201 g/mol. The van der Waals surface area contributed by atoms with Crippen molar-refractivity contribution >= 4 is 0 Å². The van der Waals surface area contributed by atoms with Gasteiger partial charge in [-0.1, -0.05) is 26.0 Å². The molecule has 15 heavy (non-hydrogen) atoms. The molecule has 2 rings (SSSR count). The van der Waals surface area contributed by atoms with Crippen molar-refractivity contribution in [2.45, 2.75) is 44.9 Å². The first kappa shape index (κ1) is 10.4. The Morgan fingerprint density at radius 2 is 2.27 bits per heavy atom. The second-order valence-corrected chi connectivity index (χ2v) is 4.62. The van der Waals surface area contributed by atoms with Crippen molar-refractivity contribution in [3.05, 3.63) is 41.7 Å². The van der Waals surface area contributed by atoms with Crippen LogP contribution in [0.2, 0.25) is 0 Å². The highest BCUT2D eigenvalue weighted by Crippen LogP contribution is 2.32. The van der Waals surface area contributed by atoms with Crippen LogP contribution in [0.1, 0.15) is 56.1 Å². The van der Waals surface area contributed by atoms with E-state index in [1.807, 2.05) is 6.20 Å². The van der Waals surface area contributed by atoms with Crippen molar-refractivity contribution in [3.63, 3.8) is 0 Å². The van der Waals surface area contributed by atoms with E-state index in [4.69, 9.17) is 0 Å². The molecule has 1 aromatic heterocycles. The van der Waals surface area contributed by atoms with Gasteiger partial charge in [0.25, 0.3) is 0 Å². The highest BCUT2D eigenvalue weighted by Gasteiger charge is 2.16. The molecule has 0 spiro atoms. The average Bonchev–Trinajstić information content (AvgIpc) is 2.30. The Kier molecular flexibility index (Phi) is 3.20. The molecule has 1 aliphatic carbocycles. The molecular weight excluding hydrogens is 182 g/mol. The van der Waals surface area contributed by atoms with Crippen molar-refractivity contribution in [1.29, 1.82) is 0 Å². The van der Waals surface area contributed by atoms with E-state index in [1.165, 1.54) is 30.4 Å². The maximum absolute atomic E-state index is 4.27. The quantitative estimate of drug-likeness (QED) is 0.658. The second kappa shape index (κ2) is 4.61. The molecule has 1 aromatic rings. The zero-order valence-electron chi connectivity index (χ0n) is 9.61. The number of hydrogen-bond acceptors (Lipinski definition) is 1. The number of hydrogen-bond donors (Lipinski definition) is 0. The van der Waals surface area contributed by atoms with E-state index in [9.17, 15) is 0 Å². The van der Waals surface area contributed by atoms with Gasteiger partial charge in [-0.25, -0.2) is 0 Å². The molecule has 1 heteroatoms. The number of aromatic nitrogens is 1. The number of allylic oxidation sites excluding steroid dienone is 2. The summed E-state index contributed by atoms with van der Waals surface area (Å²) in [5.41, 5.74) is 2.89. The van der Waals surface area contributed by atoms with Gasteiger partial charge in [0.05, 0.1) is 0 Å². The Morgan fingerprint density at radius 1 is 1.40 bits per heavy atom. The lowest BCUT2D eigenvalue weighted by Gasteiger charge is -2.21. The van der Waals surface area contributed by atoms with Crippen LogP contribution in [-0.4, -0.2) is 4.98 Å². The van der Waals surface area contributed by atoms with E-state index < -0.39 is 0 Å². The maximum atomic E-state index is 4.27. The van der Waals surface area contributed by atoms with Crippen LogP contribution >= 0.6 is 0 Å². The molecule has 0 aliphatic heterocycles. The lowest BCUT2D eigenvalue weighted by Crippen LogP contribution is -2.05. The smallest absolute Gasteiger partial charge is 0.0308 e. The lowest BCUT2D eigenvalue weighted by molar-refractivity contribution is 0.642. The van der Waals surface area contributed by atoms with E-state index in [0.717, 1.165) is 0 Å². The first-order valence-corrected chi connectivity index (χ1v) is 5.89. The van der Waals surface area contributed by atoms with Crippen LogP contribution < -0.4 is 0 Å². The van der Waals surface area contributed by atoms with Crippen LogP contribution in [0.5, 0.6) is 0 Å². The van der Waals surface area contributed by atoms with Crippen LogP contribution in [0.15, 0.2) is 30.6 Å². The zero-order chi connectivity index (χ0) is 10.7. The van der Waals surface area contributed by atoms with Gasteiger partial charge in [0.1, 0.15) is 0 Å². The molecule has 1 atom stereocenters. The Bertz CT molecular complexity index is 352. The summed E-state index contributed by atoms with van der Waals surface area (Å²) in [6.45, 7) is 4.51. The summed E-state index contributed by atoms with van der Waals surface area (Å²) >= 11 is 0. The first-order chi connectivity index (χ1) is 7.29. The summed E-state index contributed by atoms with van der Waals surface area (Å²) in [5.74, 6) is 1.20. The summed E-state index contributed by atoms with van der Waals surface area (Å²) in [7, 11) is 0. The predicted molar refractivity (Wildman–Crippen MR) is 64.1 cm³/mol. The number of rotatable bonds is 2. The van der Waals surface area contributed by atoms with Gasteiger partial charge in [0.2, 0.25) is 0 Å². The van der Waals surface area contributed by atoms with Gasteiger partial charge < -0.3 is 0 Å². The van der Waals surface area contributed by atoms with Crippen LogP contribution in [0, 0.1) is 0 Å². The largest absolute Gasteiger partial charge is 0.264 e. The topological polar surface area (TPSA) is 12.9 Å². The molecule has 1 heterocycles. The highest BCUT2D eigenvalue weighted by molar-refractivity contribution is 5.33. The molecule has 0 amide bonds. The van der Waals surface area contributed by atoms with Crippen LogP contribution in [-0.2, 0) is 0 Å². The summed E-state index contributed by atoms with van der Waals surface area (Å²) in [4.78, 5) is 4.27. The Hall–Kier alpha value is -1.11. The first-order valence-electron chi connectivity index (χ1n) is 5.89. The van der Waals surface area contributed by atoms with Crippen molar-refractivity contribution < 1.29 is 0 Å². The van der Waals surface area contributed by atoms with Gasteiger partial charge >= 0.3 is 0 Å². The van der Waals surface area contributed by atoms with Crippen LogP contribution in [0.4, 0.5) is 0 Å². The molecule has 80 valence electrons. The van der Waals surface area contributed by atoms with Crippen molar-refractivity contribution in [1.82, 2.24) is 4.98 Å². The Labute approximate surface area is 92.2 Å². The molecule has 0 saturated heterocycles. The van der Waals surface area contributed by atoms with Gasteiger partial charge in [-0.15, -0.1) is 0 Å². The SMILES string of the molecule is CC(C)c1ccncc1C1C=CCCC1. The van der Waals surface area contributed by atoms with Crippen molar-refractivity contribution in [2.75, 3.05) is 0 Å². The molecule has 0 radical (unpaired) electrons. The average molecular weight is 201 g/mol. The molecule has 0 bridgehead atoms. The molecule has 1 aliphatic rings. The molecule has 0 saturated carbocycles. The Balaban J connectivity index is 2.33. The van der Waals surface area contributed by atoms with Gasteiger partial charge in [-0.2, -0.15) is 0 Å². The van der Waals surface area contributed by atoms with Gasteiger partial charge in [-0.05, 0) is 42.4 Å². The normalized spacial score (nSPS) is 20.9. The molecule has 0 N–H and O–H groups in total. The molecule has 1 nitrogen and oxygen atoms in total. The minimum absolute atomic E-state index is 0.596. The fraction of sp³-hybridized carbons (Fsp3) is 0.500. The summed E-state index contributed by atoms with van der Waals surface area (Å²) in [6, 6.07) is 2.17. The summed E-state index contributed by atoms with van der Waals surface area (Å²) in [5, 5.41) is 0. The third kappa shape index (κ3) is 2.28. The highest BCUT2D eigenvalue weighted by atomic mass is 14.6. The summed E-state index contributed by atoms with van der Waals surface area (Å²) in [6.07, 6.45) is 12.5. The zero-order valence-corrected chi connectivity index (χ0v) is 9.61. The fourth-order valence-electron chi connectivity index (χ4n) is 2.32. The minimum atomic E-state index is 0.596. The molecule has 0 fully saturated rings. The molecule has 1 unspecified atom stereocenters. The Morgan fingerprint density at radius 3 is 2.93 bits per heavy atom. The molecular formula is C14H19N. The van der Waals surface area contributed by atoms with Gasteiger partial charge in [-0.3, -0.25) is 4.98 Å².